The number of carbonyl (C=O) groups is 1. The average Bonchev–Trinajstić information content (AvgIpc) is 2.30. The van der Waals surface area contributed by atoms with Crippen LogP contribution in [-0.4, -0.2) is 22.1 Å². The van der Waals surface area contributed by atoms with E-state index in [-0.39, 0.29) is 0 Å². The van der Waals surface area contributed by atoms with Crippen LogP contribution in [0.5, 0.6) is 0 Å². The third-order valence-electron chi connectivity index (χ3n) is 2.57. The van der Waals surface area contributed by atoms with Gasteiger partial charge in [0.25, 0.3) is 0 Å². The molecule has 0 spiro atoms. The van der Waals surface area contributed by atoms with Crippen molar-refractivity contribution in [1.82, 2.24) is 4.98 Å². The standard InChI is InChI=1S/C12H11BrN2O2/c13-9-3-1-2-8-7(4-5-15-11(8)9)6-10(14)12(16)17/h1-5,10H,6,14H2,(H,16,17). The number of nitrogens with zero attached hydrogens (tertiary/aromatic N) is 1. The lowest BCUT2D eigenvalue weighted by Gasteiger charge is -2.09. The molecule has 1 unspecified atom stereocenters. The maximum atomic E-state index is 10.8. The molecule has 17 heavy (non-hydrogen) atoms. The molecule has 0 aliphatic carbocycles. The number of nitrogens with two attached hydrogens (primary N) is 1. The van der Waals surface area contributed by atoms with E-state index >= 15 is 0 Å². The van der Waals surface area contributed by atoms with E-state index in [1.54, 1.807) is 12.3 Å². The Kier molecular flexibility index (Phi) is 3.40. The Labute approximate surface area is 107 Å². The largest absolute Gasteiger partial charge is 0.480 e. The number of carboxylic acids is 1. The summed E-state index contributed by atoms with van der Waals surface area (Å²) >= 11 is 3.42. The number of carboxylic acid groups (broad SMARTS) is 1. The zero-order valence-electron chi connectivity index (χ0n) is 8.93. The first kappa shape index (κ1) is 12.0. The molecule has 0 aliphatic heterocycles. The molecular weight excluding hydrogens is 284 g/mol. The number of rotatable bonds is 3. The van der Waals surface area contributed by atoms with Crippen molar-refractivity contribution in [3.63, 3.8) is 0 Å². The smallest absolute Gasteiger partial charge is 0.320 e. The molecular formula is C12H11BrN2O2. The van der Waals surface area contributed by atoms with Crippen LogP contribution in [-0.2, 0) is 11.2 Å². The van der Waals surface area contributed by atoms with Crippen LogP contribution in [0, 0.1) is 0 Å². The van der Waals surface area contributed by atoms with Crippen molar-refractivity contribution in [3.8, 4) is 0 Å². The molecule has 0 aliphatic rings. The molecule has 0 fully saturated rings. The molecule has 0 saturated heterocycles. The number of halogens is 1. The minimum atomic E-state index is -0.995. The van der Waals surface area contributed by atoms with Gasteiger partial charge in [-0.3, -0.25) is 9.78 Å². The van der Waals surface area contributed by atoms with Crippen LogP contribution in [0.1, 0.15) is 5.56 Å². The fraction of sp³-hybridized carbons (Fsp3) is 0.167. The minimum Gasteiger partial charge on any atom is -0.480 e. The fourth-order valence-corrected chi connectivity index (χ4v) is 2.17. The number of pyridine rings is 1. The van der Waals surface area contributed by atoms with Crippen molar-refractivity contribution < 1.29 is 9.90 Å². The number of fused-ring (bicyclic) bond motifs is 1. The highest BCUT2D eigenvalue weighted by Gasteiger charge is 2.14. The minimum absolute atomic E-state index is 0.296. The van der Waals surface area contributed by atoms with E-state index in [0.29, 0.717) is 6.42 Å². The summed E-state index contributed by atoms with van der Waals surface area (Å²) < 4.78 is 0.890. The van der Waals surface area contributed by atoms with E-state index in [9.17, 15) is 4.79 Å². The third-order valence-corrected chi connectivity index (χ3v) is 3.21. The Hall–Kier alpha value is -1.46. The van der Waals surface area contributed by atoms with Crippen LogP contribution < -0.4 is 5.73 Å². The molecule has 0 bridgehead atoms. The number of aromatic nitrogens is 1. The van der Waals surface area contributed by atoms with Gasteiger partial charge in [-0.1, -0.05) is 12.1 Å². The number of benzene rings is 1. The summed E-state index contributed by atoms with van der Waals surface area (Å²) in [4.78, 5) is 15.0. The second-order valence-corrected chi connectivity index (χ2v) is 4.61. The monoisotopic (exact) mass is 294 g/mol. The summed E-state index contributed by atoms with van der Waals surface area (Å²) in [6, 6.07) is 6.62. The fourth-order valence-electron chi connectivity index (χ4n) is 1.70. The van der Waals surface area contributed by atoms with E-state index in [0.717, 1.165) is 20.9 Å². The normalized spacial score (nSPS) is 12.6. The molecule has 2 rings (SSSR count). The quantitative estimate of drug-likeness (QED) is 0.907. The molecule has 4 nitrogen and oxygen atoms in total. The van der Waals surface area contributed by atoms with E-state index in [1.807, 2.05) is 18.2 Å². The molecule has 0 amide bonds. The molecule has 0 saturated carbocycles. The number of hydrogen-bond acceptors (Lipinski definition) is 3. The Morgan fingerprint density at radius 1 is 1.47 bits per heavy atom. The first-order valence-electron chi connectivity index (χ1n) is 5.10. The Morgan fingerprint density at radius 3 is 2.94 bits per heavy atom. The van der Waals surface area contributed by atoms with Crippen molar-refractivity contribution in [2.45, 2.75) is 12.5 Å². The molecule has 2 aromatic rings. The van der Waals surface area contributed by atoms with Gasteiger partial charge in [0.15, 0.2) is 0 Å². The first-order chi connectivity index (χ1) is 8.09. The first-order valence-corrected chi connectivity index (χ1v) is 5.89. The van der Waals surface area contributed by atoms with E-state index in [1.165, 1.54) is 0 Å². The molecule has 1 heterocycles. The number of aliphatic carboxylic acids is 1. The lowest BCUT2D eigenvalue weighted by Crippen LogP contribution is -2.32. The Morgan fingerprint density at radius 2 is 2.24 bits per heavy atom. The number of hydrogen-bond donors (Lipinski definition) is 2. The molecule has 1 aromatic heterocycles. The van der Waals surface area contributed by atoms with Gasteiger partial charge in [0.1, 0.15) is 6.04 Å². The zero-order valence-corrected chi connectivity index (χ0v) is 10.5. The summed E-state index contributed by atoms with van der Waals surface area (Å²) in [7, 11) is 0. The van der Waals surface area contributed by atoms with Crippen molar-refractivity contribution in [1.29, 1.82) is 0 Å². The number of para-hydroxylation sites is 1. The Bertz CT molecular complexity index is 571. The van der Waals surface area contributed by atoms with Gasteiger partial charge in [0, 0.05) is 16.1 Å². The average molecular weight is 295 g/mol. The van der Waals surface area contributed by atoms with Crippen LogP contribution in [0.3, 0.4) is 0 Å². The summed E-state index contributed by atoms with van der Waals surface area (Å²) in [5, 5.41) is 9.75. The SMILES string of the molecule is NC(Cc1ccnc2c(Br)cccc12)C(=O)O. The molecule has 0 radical (unpaired) electrons. The third kappa shape index (κ3) is 2.45. The van der Waals surface area contributed by atoms with E-state index in [4.69, 9.17) is 10.8 Å². The summed E-state index contributed by atoms with van der Waals surface area (Å²) in [6.07, 6.45) is 1.96. The summed E-state index contributed by atoms with van der Waals surface area (Å²) in [6.45, 7) is 0. The Balaban J connectivity index is 2.48. The summed E-state index contributed by atoms with van der Waals surface area (Å²) in [5.74, 6) is -0.995. The van der Waals surface area contributed by atoms with Gasteiger partial charge in [0.2, 0.25) is 0 Å². The molecule has 88 valence electrons. The van der Waals surface area contributed by atoms with Crippen molar-refractivity contribution in [2.24, 2.45) is 5.73 Å². The van der Waals surface area contributed by atoms with Gasteiger partial charge in [-0.15, -0.1) is 0 Å². The maximum absolute atomic E-state index is 10.8. The lowest BCUT2D eigenvalue weighted by atomic mass is 10.0. The summed E-state index contributed by atoms with van der Waals surface area (Å²) in [5.41, 5.74) is 7.26. The second kappa shape index (κ2) is 4.81. The van der Waals surface area contributed by atoms with Crippen LogP contribution in [0.15, 0.2) is 34.9 Å². The second-order valence-electron chi connectivity index (χ2n) is 3.75. The van der Waals surface area contributed by atoms with E-state index < -0.39 is 12.0 Å². The van der Waals surface area contributed by atoms with Gasteiger partial charge in [-0.2, -0.15) is 0 Å². The molecule has 1 atom stereocenters. The molecule has 1 aromatic carbocycles. The van der Waals surface area contributed by atoms with Gasteiger partial charge in [0.05, 0.1) is 5.52 Å². The van der Waals surface area contributed by atoms with Crippen LogP contribution >= 0.6 is 15.9 Å². The van der Waals surface area contributed by atoms with Crippen molar-refractivity contribution in [2.75, 3.05) is 0 Å². The van der Waals surface area contributed by atoms with Gasteiger partial charge >= 0.3 is 5.97 Å². The molecule has 3 N–H and O–H groups in total. The van der Waals surface area contributed by atoms with Crippen molar-refractivity contribution >= 4 is 32.8 Å². The zero-order chi connectivity index (χ0) is 12.4. The topological polar surface area (TPSA) is 76.2 Å². The highest BCUT2D eigenvalue weighted by atomic mass is 79.9. The van der Waals surface area contributed by atoms with Crippen LogP contribution in [0.25, 0.3) is 10.9 Å². The lowest BCUT2D eigenvalue weighted by molar-refractivity contribution is -0.138. The molecule has 5 heteroatoms. The van der Waals surface area contributed by atoms with Gasteiger partial charge in [-0.25, -0.2) is 0 Å². The van der Waals surface area contributed by atoms with Gasteiger partial charge < -0.3 is 10.8 Å². The van der Waals surface area contributed by atoms with Gasteiger partial charge in [-0.05, 0) is 40.0 Å². The predicted octanol–water partition coefficient (Wildman–Crippen LogP) is 1.95. The highest BCUT2D eigenvalue weighted by Crippen LogP contribution is 2.24. The van der Waals surface area contributed by atoms with E-state index in [2.05, 4.69) is 20.9 Å². The van der Waals surface area contributed by atoms with Crippen LogP contribution in [0.2, 0.25) is 0 Å². The predicted molar refractivity (Wildman–Crippen MR) is 68.8 cm³/mol. The van der Waals surface area contributed by atoms with Crippen molar-refractivity contribution in [3.05, 3.63) is 40.5 Å². The van der Waals surface area contributed by atoms with Crippen LogP contribution in [0.4, 0.5) is 0 Å². The maximum Gasteiger partial charge on any atom is 0.320 e. The highest BCUT2D eigenvalue weighted by molar-refractivity contribution is 9.10.